The fourth-order valence-electron chi connectivity index (χ4n) is 3.09. The van der Waals surface area contributed by atoms with E-state index in [0.29, 0.717) is 22.6 Å². The maximum atomic E-state index is 13.9. The third kappa shape index (κ3) is 4.77. The SMILES string of the molecule is COc1ccc(CN(Cc2cccnc2)S(=O)(=O)c2cc(F)ccc2C)cc1OC. The maximum absolute atomic E-state index is 13.9. The molecule has 0 aliphatic rings. The molecule has 0 radical (unpaired) electrons. The average molecular weight is 431 g/mol. The Hall–Kier alpha value is -2.97. The van der Waals surface area contributed by atoms with Crippen LogP contribution in [0.5, 0.6) is 11.5 Å². The van der Waals surface area contributed by atoms with Crippen molar-refractivity contribution in [2.75, 3.05) is 14.2 Å². The molecule has 6 nitrogen and oxygen atoms in total. The second kappa shape index (κ2) is 9.23. The van der Waals surface area contributed by atoms with Gasteiger partial charge in [-0.25, -0.2) is 12.8 Å². The van der Waals surface area contributed by atoms with E-state index in [2.05, 4.69) is 4.98 Å². The molecular weight excluding hydrogens is 407 g/mol. The van der Waals surface area contributed by atoms with E-state index in [9.17, 15) is 12.8 Å². The highest BCUT2D eigenvalue weighted by atomic mass is 32.2. The van der Waals surface area contributed by atoms with E-state index in [4.69, 9.17) is 9.47 Å². The zero-order valence-electron chi connectivity index (χ0n) is 17.0. The molecule has 2 aromatic carbocycles. The van der Waals surface area contributed by atoms with Crippen LogP contribution in [0.25, 0.3) is 0 Å². The summed E-state index contributed by atoms with van der Waals surface area (Å²) in [7, 11) is -0.945. The van der Waals surface area contributed by atoms with Gasteiger partial charge >= 0.3 is 0 Å². The number of ether oxygens (including phenoxy) is 2. The number of rotatable bonds is 8. The minimum Gasteiger partial charge on any atom is -0.493 e. The zero-order chi connectivity index (χ0) is 21.7. The Balaban J connectivity index is 2.03. The van der Waals surface area contributed by atoms with E-state index in [-0.39, 0.29) is 18.0 Å². The van der Waals surface area contributed by atoms with Gasteiger partial charge in [-0.15, -0.1) is 0 Å². The summed E-state index contributed by atoms with van der Waals surface area (Å²) in [6.45, 7) is 1.79. The molecule has 0 amide bonds. The summed E-state index contributed by atoms with van der Waals surface area (Å²) in [5.41, 5.74) is 1.89. The molecule has 3 rings (SSSR count). The number of sulfonamides is 1. The van der Waals surface area contributed by atoms with E-state index in [1.54, 1.807) is 49.6 Å². The van der Waals surface area contributed by atoms with Crippen LogP contribution in [0.15, 0.2) is 65.8 Å². The van der Waals surface area contributed by atoms with Crippen molar-refractivity contribution in [1.29, 1.82) is 0 Å². The van der Waals surface area contributed by atoms with Crippen LogP contribution in [0.4, 0.5) is 4.39 Å². The quantitative estimate of drug-likeness (QED) is 0.542. The molecule has 0 spiro atoms. The lowest BCUT2D eigenvalue weighted by molar-refractivity contribution is 0.352. The van der Waals surface area contributed by atoms with Gasteiger partial charge in [-0.1, -0.05) is 18.2 Å². The second-order valence-corrected chi connectivity index (χ2v) is 8.64. The average Bonchev–Trinajstić information content (AvgIpc) is 2.75. The van der Waals surface area contributed by atoms with Gasteiger partial charge in [0, 0.05) is 25.5 Å². The van der Waals surface area contributed by atoms with Crippen LogP contribution < -0.4 is 9.47 Å². The third-order valence-corrected chi connectivity index (χ3v) is 6.59. The molecule has 0 bridgehead atoms. The van der Waals surface area contributed by atoms with E-state index in [1.165, 1.54) is 30.7 Å². The Kier molecular flexibility index (Phi) is 6.69. The number of aromatic nitrogens is 1. The number of nitrogens with zero attached hydrogens (tertiary/aromatic N) is 2. The first-order valence-corrected chi connectivity index (χ1v) is 10.6. The summed E-state index contributed by atoms with van der Waals surface area (Å²) < 4.78 is 52.7. The summed E-state index contributed by atoms with van der Waals surface area (Å²) in [5.74, 6) is 0.436. The van der Waals surface area contributed by atoms with Gasteiger partial charge in [0.05, 0.1) is 19.1 Å². The van der Waals surface area contributed by atoms with Crippen LogP contribution in [0, 0.1) is 12.7 Å². The molecule has 3 aromatic rings. The van der Waals surface area contributed by atoms with Gasteiger partial charge in [0.2, 0.25) is 10.0 Å². The van der Waals surface area contributed by atoms with Crippen LogP contribution >= 0.6 is 0 Å². The van der Waals surface area contributed by atoms with E-state index < -0.39 is 15.8 Å². The number of pyridine rings is 1. The molecule has 158 valence electrons. The molecule has 0 aliphatic carbocycles. The number of halogens is 1. The minimum absolute atomic E-state index is 0.0630. The lowest BCUT2D eigenvalue weighted by Gasteiger charge is -2.24. The molecule has 0 aliphatic heterocycles. The smallest absolute Gasteiger partial charge is 0.244 e. The van der Waals surface area contributed by atoms with E-state index in [1.807, 2.05) is 0 Å². The Morgan fingerprint density at radius 2 is 1.70 bits per heavy atom. The molecule has 1 aromatic heterocycles. The summed E-state index contributed by atoms with van der Waals surface area (Å²) in [6, 6.07) is 12.5. The monoisotopic (exact) mass is 430 g/mol. The molecule has 1 heterocycles. The van der Waals surface area contributed by atoms with Crippen molar-refractivity contribution in [3.63, 3.8) is 0 Å². The molecule has 30 heavy (non-hydrogen) atoms. The van der Waals surface area contributed by atoms with Gasteiger partial charge in [0.1, 0.15) is 5.82 Å². The molecule has 0 saturated carbocycles. The van der Waals surface area contributed by atoms with E-state index in [0.717, 1.165) is 11.6 Å². The van der Waals surface area contributed by atoms with Gasteiger partial charge in [0.25, 0.3) is 0 Å². The highest BCUT2D eigenvalue weighted by Crippen LogP contribution is 2.30. The summed E-state index contributed by atoms with van der Waals surface area (Å²) >= 11 is 0. The number of hydrogen-bond acceptors (Lipinski definition) is 5. The summed E-state index contributed by atoms with van der Waals surface area (Å²) in [4.78, 5) is 4.00. The van der Waals surface area contributed by atoms with Crippen LogP contribution in [0.1, 0.15) is 16.7 Å². The van der Waals surface area contributed by atoms with Gasteiger partial charge in [-0.2, -0.15) is 4.31 Å². The van der Waals surface area contributed by atoms with Crippen LogP contribution in [-0.4, -0.2) is 31.9 Å². The third-order valence-electron chi connectivity index (χ3n) is 4.66. The molecule has 8 heteroatoms. The van der Waals surface area contributed by atoms with Crippen LogP contribution in [0.3, 0.4) is 0 Å². The number of aryl methyl sites for hydroxylation is 1. The fourth-order valence-corrected chi connectivity index (χ4v) is 4.75. The highest BCUT2D eigenvalue weighted by molar-refractivity contribution is 7.89. The van der Waals surface area contributed by atoms with Crippen LogP contribution in [0.2, 0.25) is 0 Å². The predicted octanol–water partition coefficient (Wildman–Crippen LogP) is 3.94. The number of benzene rings is 2. The first-order chi connectivity index (χ1) is 14.3. The molecule has 0 saturated heterocycles. The Morgan fingerprint density at radius 1 is 0.967 bits per heavy atom. The largest absolute Gasteiger partial charge is 0.493 e. The van der Waals surface area contributed by atoms with E-state index >= 15 is 0 Å². The number of methoxy groups -OCH3 is 2. The van der Waals surface area contributed by atoms with Crippen molar-refractivity contribution in [2.45, 2.75) is 24.9 Å². The summed E-state index contributed by atoms with van der Waals surface area (Å²) in [6.07, 6.45) is 3.23. The van der Waals surface area contributed by atoms with Crippen molar-refractivity contribution in [2.24, 2.45) is 0 Å². The Labute approximate surface area is 176 Å². The Bertz CT molecular complexity index is 1120. The van der Waals surface area contributed by atoms with Crippen molar-refractivity contribution in [3.8, 4) is 11.5 Å². The van der Waals surface area contributed by atoms with Crippen LogP contribution in [-0.2, 0) is 23.1 Å². The van der Waals surface area contributed by atoms with Crippen molar-refractivity contribution in [1.82, 2.24) is 9.29 Å². The molecular formula is C22H23FN2O4S. The molecule has 0 unspecified atom stereocenters. The van der Waals surface area contributed by atoms with Gasteiger partial charge in [-0.3, -0.25) is 4.98 Å². The van der Waals surface area contributed by atoms with Crippen molar-refractivity contribution >= 4 is 10.0 Å². The first kappa shape index (κ1) is 21.7. The second-order valence-electron chi connectivity index (χ2n) is 6.73. The molecule has 0 atom stereocenters. The fraction of sp³-hybridized carbons (Fsp3) is 0.227. The predicted molar refractivity (Wildman–Crippen MR) is 111 cm³/mol. The maximum Gasteiger partial charge on any atom is 0.244 e. The molecule has 0 fully saturated rings. The number of hydrogen-bond donors (Lipinski definition) is 0. The Morgan fingerprint density at radius 3 is 2.37 bits per heavy atom. The van der Waals surface area contributed by atoms with Crippen molar-refractivity contribution in [3.05, 3.63) is 83.4 Å². The lowest BCUT2D eigenvalue weighted by Crippen LogP contribution is -2.31. The topological polar surface area (TPSA) is 68.7 Å². The normalized spacial score (nSPS) is 11.5. The first-order valence-electron chi connectivity index (χ1n) is 9.21. The summed E-state index contributed by atoms with van der Waals surface area (Å²) in [5, 5.41) is 0. The highest BCUT2D eigenvalue weighted by Gasteiger charge is 2.27. The van der Waals surface area contributed by atoms with Gasteiger partial charge in [-0.05, 0) is 53.9 Å². The van der Waals surface area contributed by atoms with Gasteiger partial charge in [0.15, 0.2) is 11.5 Å². The lowest BCUT2D eigenvalue weighted by atomic mass is 10.2. The van der Waals surface area contributed by atoms with Gasteiger partial charge < -0.3 is 9.47 Å². The minimum atomic E-state index is -3.99. The van der Waals surface area contributed by atoms with Crippen molar-refractivity contribution < 1.29 is 22.3 Å². The molecule has 0 N–H and O–H groups in total. The zero-order valence-corrected chi connectivity index (χ0v) is 17.8. The standard InChI is InChI=1S/C22H23FN2O4S/c1-16-6-8-19(23)12-22(16)30(26,27)25(15-18-5-4-10-24-13-18)14-17-7-9-20(28-2)21(11-17)29-3/h4-13H,14-15H2,1-3H3.